The molecule has 0 unspecified atom stereocenters. The van der Waals surface area contributed by atoms with Crippen molar-refractivity contribution >= 4 is 22.5 Å². The minimum Gasteiger partial charge on any atom is -0.492 e. The van der Waals surface area contributed by atoms with Crippen LogP contribution in [-0.2, 0) is 4.74 Å². The molecule has 0 bridgehead atoms. The standard InChI is InChI=1S/C28H35N3O5/c1-3-34-26-7-5-4-6-23(26)30-12-10-29(11-13-30)14-19-35-25-9-8-22-24(32)20-27(36-28(22)21(25)2)31-15-17-33-18-16-31/h4-9,20H,3,10-19H2,1-2H3. The third-order valence-electron chi connectivity index (χ3n) is 6.95. The average Bonchev–Trinajstić information content (AvgIpc) is 2.92. The maximum absolute atomic E-state index is 12.7. The van der Waals surface area contributed by atoms with Crippen LogP contribution in [0.5, 0.6) is 11.5 Å². The molecular weight excluding hydrogens is 458 g/mol. The van der Waals surface area contributed by atoms with Crippen molar-refractivity contribution in [2.75, 3.05) is 82.0 Å². The van der Waals surface area contributed by atoms with Gasteiger partial charge in [-0.25, -0.2) is 0 Å². The predicted molar refractivity (Wildman–Crippen MR) is 142 cm³/mol. The van der Waals surface area contributed by atoms with E-state index in [9.17, 15) is 4.79 Å². The smallest absolute Gasteiger partial charge is 0.200 e. The zero-order chi connectivity index (χ0) is 24.9. The van der Waals surface area contributed by atoms with Crippen molar-refractivity contribution < 1.29 is 18.6 Å². The van der Waals surface area contributed by atoms with Gasteiger partial charge in [-0.3, -0.25) is 9.69 Å². The third kappa shape index (κ3) is 5.29. The second kappa shape index (κ2) is 11.2. The van der Waals surface area contributed by atoms with Gasteiger partial charge in [0.15, 0.2) is 11.3 Å². The average molecular weight is 494 g/mol. The number of piperazine rings is 1. The second-order valence-corrected chi connectivity index (χ2v) is 9.19. The fourth-order valence-corrected chi connectivity index (χ4v) is 4.91. The van der Waals surface area contributed by atoms with Crippen molar-refractivity contribution in [3.63, 3.8) is 0 Å². The van der Waals surface area contributed by atoms with Crippen LogP contribution in [0.15, 0.2) is 51.7 Å². The van der Waals surface area contributed by atoms with E-state index in [0.29, 0.717) is 56.4 Å². The van der Waals surface area contributed by atoms with Crippen LogP contribution in [0.2, 0.25) is 0 Å². The highest BCUT2D eigenvalue weighted by molar-refractivity contribution is 5.83. The Morgan fingerprint density at radius 3 is 2.44 bits per heavy atom. The topological polar surface area (TPSA) is 67.6 Å². The number of nitrogens with zero attached hydrogens (tertiary/aromatic N) is 3. The second-order valence-electron chi connectivity index (χ2n) is 9.19. The third-order valence-corrected chi connectivity index (χ3v) is 6.95. The minimum atomic E-state index is -0.0313. The Kier molecular flexibility index (Phi) is 7.63. The first-order valence-electron chi connectivity index (χ1n) is 12.9. The first-order chi connectivity index (χ1) is 17.6. The fourth-order valence-electron chi connectivity index (χ4n) is 4.91. The predicted octanol–water partition coefficient (Wildman–Crippen LogP) is 3.54. The van der Waals surface area contributed by atoms with Crippen LogP contribution < -0.4 is 24.7 Å². The number of aryl methyl sites for hydroxylation is 1. The summed E-state index contributed by atoms with van der Waals surface area (Å²) in [5.41, 5.74) is 2.59. The number of ether oxygens (including phenoxy) is 3. The number of hydrogen-bond acceptors (Lipinski definition) is 8. The molecule has 0 saturated carbocycles. The van der Waals surface area contributed by atoms with Gasteiger partial charge in [-0.1, -0.05) is 12.1 Å². The molecule has 5 rings (SSSR count). The Balaban J connectivity index is 1.19. The van der Waals surface area contributed by atoms with Crippen molar-refractivity contribution in [2.45, 2.75) is 13.8 Å². The molecule has 0 atom stereocenters. The Morgan fingerprint density at radius 2 is 1.67 bits per heavy atom. The highest BCUT2D eigenvalue weighted by Crippen LogP contribution is 2.30. The van der Waals surface area contributed by atoms with E-state index in [2.05, 4.69) is 26.8 Å². The molecule has 0 radical (unpaired) electrons. The normalized spacial score (nSPS) is 16.9. The lowest BCUT2D eigenvalue weighted by Gasteiger charge is -2.36. The molecule has 2 aliphatic rings. The molecule has 3 heterocycles. The lowest BCUT2D eigenvalue weighted by Crippen LogP contribution is -2.47. The number of hydrogen-bond donors (Lipinski definition) is 0. The quantitative estimate of drug-likeness (QED) is 0.472. The summed E-state index contributed by atoms with van der Waals surface area (Å²) in [5, 5.41) is 0.584. The summed E-state index contributed by atoms with van der Waals surface area (Å²) in [6.07, 6.45) is 0. The zero-order valence-corrected chi connectivity index (χ0v) is 21.2. The lowest BCUT2D eigenvalue weighted by molar-refractivity contribution is 0.121. The molecular formula is C28H35N3O5. The summed E-state index contributed by atoms with van der Waals surface area (Å²) in [7, 11) is 0. The largest absolute Gasteiger partial charge is 0.492 e. The zero-order valence-electron chi connectivity index (χ0n) is 21.2. The molecule has 0 spiro atoms. The van der Waals surface area contributed by atoms with E-state index in [1.165, 1.54) is 5.69 Å². The van der Waals surface area contributed by atoms with Crippen molar-refractivity contribution in [1.82, 2.24) is 4.90 Å². The Labute approximate surface area is 211 Å². The molecule has 0 amide bonds. The van der Waals surface area contributed by atoms with Crippen molar-refractivity contribution in [3.8, 4) is 11.5 Å². The highest BCUT2D eigenvalue weighted by Gasteiger charge is 2.20. The molecule has 2 saturated heterocycles. The van der Waals surface area contributed by atoms with Gasteiger partial charge in [0, 0.05) is 57.4 Å². The lowest BCUT2D eigenvalue weighted by atomic mass is 10.1. The summed E-state index contributed by atoms with van der Waals surface area (Å²) in [6.45, 7) is 12.6. The molecule has 1 aromatic heterocycles. The van der Waals surface area contributed by atoms with Gasteiger partial charge >= 0.3 is 0 Å². The minimum absolute atomic E-state index is 0.0313. The van der Waals surface area contributed by atoms with Crippen LogP contribution >= 0.6 is 0 Å². The van der Waals surface area contributed by atoms with E-state index in [-0.39, 0.29) is 5.43 Å². The number of rotatable bonds is 8. The number of para-hydroxylation sites is 2. The number of fused-ring (bicyclic) bond motifs is 1. The summed E-state index contributed by atoms with van der Waals surface area (Å²) < 4.78 is 23.6. The van der Waals surface area contributed by atoms with E-state index < -0.39 is 0 Å². The Bertz CT molecular complexity index is 1230. The monoisotopic (exact) mass is 493 g/mol. The maximum Gasteiger partial charge on any atom is 0.200 e. The van der Waals surface area contributed by atoms with Crippen LogP contribution in [0.25, 0.3) is 11.0 Å². The SMILES string of the molecule is CCOc1ccccc1N1CCN(CCOc2ccc3c(=O)cc(N4CCOCC4)oc3c2C)CC1. The van der Waals surface area contributed by atoms with Crippen LogP contribution in [-0.4, -0.2) is 77.1 Å². The molecule has 192 valence electrons. The maximum atomic E-state index is 12.7. The van der Waals surface area contributed by atoms with Gasteiger partial charge in [0.2, 0.25) is 0 Å². The number of benzene rings is 2. The number of anilines is 2. The van der Waals surface area contributed by atoms with E-state index in [0.717, 1.165) is 49.8 Å². The van der Waals surface area contributed by atoms with Gasteiger partial charge in [-0.05, 0) is 38.1 Å². The van der Waals surface area contributed by atoms with Crippen LogP contribution in [0.4, 0.5) is 11.6 Å². The first-order valence-corrected chi connectivity index (χ1v) is 12.9. The van der Waals surface area contributed by atoms with Gasteiger partial charge in [-0.15, -0.1) is 0 Å². The molecule has 3 aromatic rings. The molecule has 0 aliphatic carbocycles. The van der Waals surface area contributed by atoms with Gasteiger partial charge < -0.3 is 28.4 Å². The summed E-state index contributed by atoms with van der Waals surface area (Å²) >= 11 is 0. The number of morpholine rings is 1. The molecule has 8 nitrogen and oxygen atoms in total. The van der Waals surface area contributed by atoms with Gasteiger partial charge in [0.1, 0.15) is 23.7 Å². The van der Waals surface area contributed by atoms with Gasteiger partial charge in [0.05, 0.1) is 30.9 Å². The van der Waals surface area contributed by atoms with Crippen molar-refractivity contribution in [3.05, 3.63) is 58.3 Å². The Morgan fingerprint density at radius 1 is 0.889 bits per heavy atom. The first kappa shape index (κ1) is 24.5. The highest BCUT2D eigenvalue weighted by atomic mass is 16.5. The molecule has 0 N–H and O–H groups in total. The van der Waals surface area contributed by atoms with Gasteiger partial charge in [0.25, 0.3) is 0 Å². The van der Waals surface area contributed by atoms with Crippen LogP contribution in [0.3, 0.4) is 0 Å². The van der Waals surface area contributed by atoms with E-state index in [1.54, 1.807) is 12.1 Å². The van der Waals surface area contributed by atoms with Crippen LogP contribution in [0.1, 0.15) is 12.5 Å². The molecule has 8 heteroatoms. The van der Waals surface area contributed by atoms with Crippen molar-refractivity contribution in [1.29, 1.82) is 0 Å². The Hall–Kier alpha value is -3.23. The molecule has 2 fully saturated rings. The van der Waals surface area contributed by atoms with Gasteiger partial charge in [-0.2, -0.15) is 0 Å². The fraction of sp³-hybridized carbons (Fsp3) is 0.464. The van der Waals surface area contributed by atoms with E-state index in [4.69, 9.17) is 18.6 Å². The molecule has 36 heavy (non-hydrogen) atoms. The summed E-state index contributed by atoms with van der Waals surface area (Å²) in [6, 6.07) is 13.5. The summed E-state index contributed by atoms with van der Waals surface area (Å²) in [4.78, 5) is 19.6. The van der Waals surface area contributed by atoms with E-state index >= 15 is 0 Å². The molecule has 2 aliphatic heterocycles. The molecule has 2 aromatic carbocycles. The summed E-state index contributed by atoms with van der Waals surface area (Å²) in [5.74, 6) is 2.31. The van der Waals surface area contributed by atoms with Crippen molar-refractivity contribution in [2.24, 2.45) is 0 Å². The van der Waals surface area contributed by atoms with E-state index in [1.807, 2.05) is 32.0 Å². The van der Waals surface area contributed by atoms with Crippen LogP contribution in [0, 0.1) is 6.92 Å².